The van der Waals surface area contributed by atoms with Gasteiger partial charge in [-0.15, -0.1) is 0 Å². The Labute approximate surface area is 187 Å². The van der Waals surface area contributed by atoms with Gasteiger partial charge >= 0.3 is 11.9 Å². The molecule has 0 bridgehead atoms. The molecule has 12 heteroatoms. The highest BCUT2D eigenvalue weighted by atomic mass is 19.4. The molecule has 0 unspecified atom stereocenters. The summed E-state index contributed by atoms with van der Waals surface area (Å²) in [5, 5.41) is 8.97. The maximum absolute atomic E-state index is 12.9. The summed E-state index contributed by atoms with van der Waals surface area (Å²) in [7, 11) is 0. The summed E-state index contributed by atoms with van der Waals surface area (Å²) >= 11 is 0. The number of hydrogen-bond donors (Lipinski definition) is 2. The molecule has 172 valence electrons. The molecule has 9 nitrogen and oxygen atoms in total. The fourth-order valence-corrected chi connectivity index (χ4v) is 4.47. The molecule has 5 aromatic rings. The lowest BCUT2D eigenvalue weighted by Gasteiger charge is -2.09. The molecule has 34 heavy (non-hydrogen) atoms. The summed E-state index contributed by atoms with van der Waals surface area (Å²) in [4.78, 5) is 32.7. The largest absolute Gasteiger partial charge is 0.408 e. The average molecular weight is 467 g/mol. The average Bonchev–Trinajstić information content (AvgIpc) is 3.26. The lowest BCUT2D eigenvalue weighted by Crippen LogP contribution is -2.23. The number of aromatic amines is 2. The van der Waals surface area contributed by atoms with E-state index in [0.29, 0.717) is 22.2 Å². The van der Waals surface area contributed by atoms with Gasteiger partial charge in [-0.25, -0.2) is 14.3 Å². The van der Waals surface area contributed by atoms with Gasteiger partial charge in [0.15, 0.2) is 5.65 Å². The van der Waals surface area contributed by atoms with E-state index in [0.717, 1.165) is 22.2 Å². The zero-order valence-corrected chi connectivity index (χ0v) is 17.4. The Morgan fingerprint density at radius 3 is 2.79 bits per heavy atom. The molecule has 1 fully saturated rings. The fraction of sp³-hybridized carbons (Fsp3) is 0.227. The van der Waals surface area contributed by atoms with Gasteiger partial charge in [0.05, 0.1) is 23.0 Å². The highest BCUT2D eigenvalue weighted by Crippen LogP contribution is 2.56. The molecule has 0 amide bonds. The molecule has 0 aliphatic heterocycles. The number of H-pyrrole nitrogens is 2. The molecule has 1 saturated carbocycles. The normalized spacial score (nSPS) is 18.1. The van der Waals surface area contributed by atoms with Gasteiger partial charge < -0.3 is 4.98 Å². The third-order valence-electron chi connectivity index (χ3n) is 6.10. The van der Waals surface area contributed by atoms with Crippen molar-refractivity contribution >= 4 is 16.6 Å². The minimum absolute atomic E-state index is 0.0462. The van der Waals surface area contributed by atoms with Gasteiger partial charge in [0.2, 0.25) is 0 Å². The van der Waals surface area contributed by atoms with Crippen molar-refractivity contribution in [3.05, 3.63) is 81.0 Å². The van der Waals surface area contributed by atoms with Crippen molar-refractivity contribution in [1.29, 1.82) is 0 Å². The number of alkyl halides is 3. The first-order chi connectivity index (χ1) is 16.3. The van der Waals surface area contributed by atoms with Crippen LogP contribution in [0.3, 0.4) is 0 Å². The van der Waals surface area contributed by atoms with Crippen molar-refractivity contribution in [2.24, 2.45) is 0 Å². The maximum Gasteiger partial charge on any atom is 0.408 e. The van der Waals surface area contributed by atoms with Crippen LogP contribution in [0.25, 0.3) is 27.8 Å². The Morgan fingerprint density at radius 1 is 1.15 bits per heavy atom. The summed E-state index contributed by atoms with van der Waals surface area (Å²) in [5.41, 5.74) is 2.27. The van der Waals surface area contributed by atoms with E-state index in [1.807, 2.05) is 6.07 Å². The fourth-order valence-electron chi connectivity index (χ4n) is 4.47. The topological polar surface area (TPSA) is 114 Å². The van der Waals surface area contributed by atoms with E-state index in [2.05, 4.69) is 25.1 Å². The van der Waals surface area contributed by atoms with E-state index in [1.54, 1.807) is 35.1 Å². The summed E-state index contributed by atoms with van der Waals surface area (Å²) in [6.45, 7) is -1.15. The van der Waals surface area contributed by atoms with Crippen molar-refractivity contribution in [3.8, 4) is 11.3 Å². The lowest BCUT2D eigenvalue weighted by molar-refractivity contribution is -0.141. The first kappa shape index (κ1) is 20.4. The van der Waals surface area contributed by atoms with Gasteiger partial charge in [0, 0.05) is 29.5 Å². The number of rotatable bonds is 4. The Bertz CT molecular complexity index is 1680. The van der Waals surface area contributed by atoms with Crippen LogP contribution in [0.15, 0.2) is 58.6 Å². The van der Waals surface area contributed by atoms with Crippen LogP contribution in [-0.4, -0.2) is 40.5 Å². The Balaban J connectivity index is 1.39. The van der Waals surface area contributed by atoms with E-state index in [1.165, 1.54) is 12.4 Å². The summed E-state index contributed by atoms with van der Waals surface area (Å²) in [6, 6.07) is 7.23. The molecular formula is C22H16F3N7O2. The molecule has 6 rings (SSSR count). The second kappa shape index (κ2) is 7.14. The number of hydrogen-bond acceptors (Lipinski definition) is 5. The van der Waals surface area contributed by atoms with E-state index >= 15 is 0 Å². The summed E-state index contributed by atoms with van der Waals surface area (Å²) in [6.07, 6.45) is 2.42. The van der Waals surface area contributed by atoms with Crippen LogP contribution < -0.4 is 11.2 Å². The zero-order valence-electron chi connectivity index (χ0n) is 17.4. The van der Waals surface area contributed by atoms with Crippen LogP contribution in [0.2, 0.25) is 0 Å². The second-order valence-electron chi connectivity index (χ2n) is 8.35. The van der Waals surface area contributed by atoms with Gasteiger partial charge in [0.25, 0.3) is 5.56 Å². The predicted molar refractivity (Wildman–Crippen MR) is 116 cm³/mol. The van der Waals surface area contributed by atoms with Gasteiger partial charge in [-0.1, -0.05) is 12.1 Å². The van der Waals surface area contributed by atoms with Crippen LogP contribution in [0.5, 0.6) is 0 Å². The van der Waals surface area contributed by atoms with Crippen molar-refractivity contribution in [2.45, 2.75) is 31.0 Å². The smallest absolute Gasteiger partial charge is 0.313 e. The molecule has 1 aliphatic rings. The highest BCUT2D eigenvalue weighted by Gasteiger charge is 2.41. The number of benzene rings is 1. The Kier molecular flexibility index (Phi) is 4.28. The van der Waals surface area contributed by atoms with Crippen molar-refractivity contribution in [3.63, 3.8) is 0 Å². The Morgan fingerprint density at radius 2 is 2.00 bits per heavy atom. The molecule has 2 N–H and O–H groups in total. The van der Waals surface area contributed by atoms with Gasteiger partial charge in [-0.2, -0.15) is 23.4 Å². The molecule has 1 aliphatic carbocycles. The first-order valence-corrected chi connectivity index (χ1v) is 10.5. The van der Waals surface area contributed by atoms with Gasteiger partial charge in [-0.3, -0.25) is 14.5 Å². The first-order valence-electron chi connectivity index (χ1n) is 10.5. The maximum atomic E-state index is 12.9. The van der Waals surface area contributed by atoms with Crippen LogP contribution in [0.1, 0.15) is 29.4 Å². The minimum Gasteiger partial charge on any atom is -0.313 e. The van der Waals surface area contributed by atoms with Crippen LogP contribution in [-0.2, 0) is 6.54 Å². The number of nitrogens with one attached hydrogen (secondary N) is 2. The third-order valence-corrected chi connectivity index (χ3v) is 6.10. The van der Waals surface area contributed by atoms with E-state index < -0.39 is 24.0 Å². The Hall–Kier alpha value is -4.22. The summed E-state index contributed by atoms with van der Waals surface area (Å²) in [5.74, 6) is 0.119. The number of fused-ring (bicyclic) bond motifs is 2. The highest BCUT2D eigenvalue weighted by molar-refractivity contribution is 5.80. The molecule has 4 heterocycles. The van der Waals surface area contributed by atoms with E-state index in [-0.39, 0.29) is 17.4 Å². The standard InChI is InChI=1S/C22H16F3N7O2/c23-22(24,25)10-32-18-5-11(1-2-12(18)8-28-32)13-6-14(13)15-7-17(30-31-4-3-26-19(15)31)16-9-27-21(34)29-20(16)33/h1-5,7-9,13-14H,6,10H2,(H2,27,29,33,34)/t13-,14+/m1/s1. The summed E-state index contributed by atoms with van der Waals surface area (Å²) < 4.78 is 41.3. The van der Waals surface area contributed by atoms with E-state index in [9.17, 15) is 22.8 Å². The molecular weight excluding hydrogens is 451 g/mol. The number of imidazole rings is 1. The number of nitrogens with zero attached hydrogens (tertiary/aromatic N) is 5. The number of halogens is 3. The molecule has 4 aromatic heterocycles. The minimum atomic E-state index is -4.36. The molecule has 0 radical (unpaired) electrons. The number of aromatic nitrogens is 7. The predicted octanol–water partition coefficient (Wildman–Crippen LogP) is 2.96. The lowest BCUT2D eigenvalue weighted by atomic mass is 10.0. The molecule has 0 saturated heterocycles. The van der Waals surface area contributed by atoms with Crippen molar-refractivity contribution < 1.29 is 13.2 Å². The zero-order chi connectivity index (χ0) is 23.6. The van der Waals surface area contributed by atoms with Crippen LogP contribution >= 0.6 is 0 Å². The van der Waals surface area contributed by atoms with Crippen molar-refractivity contribution in [1.82, 2.24) is 34.3 Å². The molecule has 2 atom stereocenters. The van der Waals surface area contributed by atoms with Gasteiger partial charge in [0.1, 0.15) is 6.54 Å². The van der Waals surface area contributed by atoms with Crippen LogP contribution in [0, 0.1) is 0 Å². The SMILES string of the molecule is O=c1[nH]cc(-c2cc([C@H]3C[C@@H]3c3ccc4cnn(CC(F)(F)F)c4c3)c3nccn3n2)c(=O)[nH]1. The quantitative estimate of drug-likeness (QED) is 0.422. The van der Waals surface area contributed by atoms with E-state index in [4.69, 9.17) is 0 Å². The second-order valence-corrected chi connectivity index (χ2v) is 8.35. The molecule has 1 aromatic carbocycles. The van der Waals surface area contributed by atoms with Gasteiger partial charge in [-0.05, 0) is 36.0 Å². The van der Waals surface area contributed by atoms with Crippen molar-refractivity contribution in [2.75, 3.05) is 0 Å². The third kappa shape index (κ3) is 3.47. The van der Waals surface area contributed by atoms with Crippen LogP contribution in [0.4, 0.5) is 13.2 Å². The monoisotopic (exact) mass is 467 g/mol. The molecule has 0 spiro atoms.